The van der Waals surface area contributed by atoms with Crippen molar-refractivity contribution in [2.24, 2.45) is 0 Å². The van der Waals surface area contributed by atoms with E-state index in [9.17, 15) is 9.59 Å². The Morgan fingerprint density at radius 1 is 1.13 bits per heavy atom. The highest BCUT2D eigenvalue weighted by molar-refractivity contribution is 8.23. The average Bonchev–Trinajstić information content (AvgIpc) is 2.72. The fourth-order valence-electron chi connectivity index (χ4n) is 3.66. The molecule has 0 saturated carbocycles. The number of nitrogens with one attached hydrogen (secondary N) is 1. The molecule has 3 rings (SSSR count). The van der Waals surface area contributed by atoms with Gasteiger partial charge in [-0.05, 0) is 26.0 Å². The molecule has 0 aromatic heterocycles. The molecule has 1 N–H and O–H groups in total. The number of para-hydroxylation sites is 1. The molecule has 2 aliphatic rings. The molecule has 2 saturated heterocycles. The first-order chi connectivity index (χ1) is 14.4. The molecule has 2 amide bonds. The first kappa shape index (κ1) is 22.8. The van der Waals surface area contributed by atoms with Crippen LogP contribution in [0.25, 0.3) is 0 Å². The van der Waals surface area contributed by atoms with E-state index in [1.165, 1.54) is 11.8 Å². The second-order valence-electron chi connectivity index (χ2n) is 7.69. The van der Waals surface area contributed by atoms with Crippen LogP contribution in [0.15, 0.2) is 30.3 Å². The largest absolute Gasteiger partial charge is 0.462 e. The van der Waals surface area contributed by atoms with Crippen LogP contribution < -0.4 is 5.32 Å². The number of thiocarbonyl (C=S) groups is 1. The second kappa shape index (κ2) is 11.0. The summed E-state index contributed by atoms with van der Waals surface area (Å²) in [5.74, 6) is -0.0582. The summed E-state index contributed by atoms with van der Waals surface area (Å²) in [7, 11) is 0. The van der Waals surface area contributed by atoms with Crippen molar-refractivity contribution in [2.45, 2.75) is 45.0 Å². The molecule has 1 aromatic rings. The minimum atomic E-state index is -0.260. The molecule has 30 heavy (non-hydrogen) atoms. The lowest BCUT2D eigenvalue weighted by Gasteiger charge is -2.36. The highest BCUT2D eigenvalue weighted by atomic mass is 32.2. The lowest BCUT2D eigenvalue weighted by atomic mass is 10.1. The number of nitrogens with zero attached hydrogens (tertiary/aromatic N) is 2. The predicted octanol–water partition coefficient (Wildman–Crippen LogP) is 3.35. The fraction of sp³-hybridized carbons (Fsp3) is 0.571. The molecule has 0 bridgehead atoms. The molecule has 0 radical (unpaired) electrons. The van der Waals surface area contributed by atoms with Gasteiger partial charge in [-0.2, -0.15) is 0 Å². The molecule has 9 heteroatoms. The van der Waals surface area contributed by atoms with Gasteiger partial charge in [0.1, 0.15) is 10.4 Å². The normalized spacial score (nSPS) is 22.5. The number of amides is 2. The highest BCUT2D eigenvalue weighted by Crippen LogP contribution is 2.19. The third-order valence-electron chi connectivity index (χ3n) is 5.04. The first-order valence-electron chi connectivity index (χ1n) is 10.3. The number of hydrogen-bond acceptors (Lipinski definition) is 6. The first-order valence-corrected chi connectivity index (χ1v) is 11.7. The number of morpholine rings is 1. The zero-order valence-electron chi connectivity index (χ0n) is 17.4. The molecule has 7 nitrogen and oxygen atoms in total. The van der Waals surface area contributed by atoms with Crippen LogP contribution in [0.5, 0.6) is 0 Å². The van der Waals surface area contributed by atoms with Gasteiger partial charge in [0.05, 0.1) is 18.0 Å². The lowest BCUT2D eigenvalue weighted by Crippen LogP contribution is -2.47. The smallest absolute Gasteiger partial charge is 0.321 e. The van der Waals surface area contributed by atoms with Gasteiger partial charge in [-0.1, -0.05) is 42.2 Å². The summed E-state index contributed by atoms with van der Waals surface area (Å²) in [6.45, 7) is 6.66. The van der Waals surface area contributed by atoms with Gasteiger partial charge in [0, 0.05) is 44.7 Å². The topological polar surface area (TPSA) is 71.1 Å². The van der Waals surface area contributed by atoms with Gasteiger partial charge in [0.25, 0.3) is 0 Å². The summed E-state index contributed by atoms with van der Waals surface area (Å²) in [6, 6.07) is 9.25. The van der Waals surface area contributed by atoms with E-state index in [1.807, 2.05) is 44.2 Å². The van der Waals surface area contributed by atoms with E-state index < -0.39 is 0 Å². The van der Waals surface area contributed by atoms with Gasteiger partial charge < -0.3 is 24.6 Å². The number of carbonyl (C=O) groups is 2. The maximum atomic E-state index is 12.3. The summed E-state index contributed by atoms with van der Waals surface area (Å²) in [5.41, 5.74) is 0.771. The summed E-state index contributed by atoms with van der Waals surface area (Å²) in [6.07, 6.45) is 1.38. The summed E-state index contributed by atoms with van der Waals surface area (Å²) in [4.78, 5) is 28.4. The quantitative estimate of drug-likeness (QED) is 0.556. The van der Waals surface area contributed by atoms with Crippen molar-refractivity contribution < 1.29 is 19.1 Å². The maximum absolute atomic E-state index is 12.3. The van der Waals surface area contributed by atoms with Gasteiger partial charge in [-0.15, -0.1) is 0 Å². The predicted molar refractivity (Wildman–Crippen MR) is 123 cm³/mol. The van der Waals surface area contributed by atoms with Crippen LogP contribution >= 0.6 is 24.0 Å². The number of ether oxygens (including phenoxy) is 2. The number of hydrogen-bond donors (Lipinski definition) is 1. The number of rotatable bonds is 4. The minimum Gasteiger partial charge on any atom is -0.462 e. The zero-order valence-corrected chi connectivity index (χ0v) is 19.0. The van der Waals surface area contributed by atoms with Crippen LogP contribution in [0.3, 0.4) is 0 Å². The molecule has 164 valence electrons. The van der Waals surface area contributed by atoms with Crippen molar-refractivity contribution in [1.29, 1.82) is 0 Å². The Morgan fingerprint density at radius 3 is 2.40 bits per heavy atom. The number of esters is 1. The van der Waals surface area contributed by atoms with Crippen LogP contribution in [0.2, 0.25) is 0 Å². The number of piperidine rings is 1. The standard InChI is InChI=1S/C21H29N3O4S2/c1-15-12-24(13-16(2)27-15)21(29)30-14-19(25)28-18-8-10-23(11-9-18)20(26)22-17-6-4-3-5-7-17/h3-7,15-16,18H,8-14H2,1-2H3,(H,22,26). The second-order valence-corrected chi connectivity index (χ2v) is 9.30. The molecule has 2 aliphatic heterocycles. The Balaban J connectivity index is 1.35. The molecular weight excluding hydrogens is 422 g/mol. The van der Waals surface area contributed by atoms with E-state index in [-0.39, 0.29) is 36.1 Å². The van der Waals surface area contributed by atoms with Gasteiger partial charge >= 0.3 is 12.0 Å². The molecule has 1 aromatic carbocycles. The van der Waals surface area contributed by atoms with E-state index in [0.717, 1.165) is 18.8 Å². The molecule has 0 spiro atoms. The molecular formula is C21H29N3O4S2. The van der Waals surface area contributed by atoms with Crippen LogP contribution in [-0.4, -0.2) is 76.4 Å². The van der Waals surface area contributed by atoms with Crippen LogP contribution in [0, 0.1) is 0 Å². The number of benzene rings is 1. The van der Waals surface area contributed by atoms with E-state index in [4.69, 9.17) is 21.7 Å². The van der Waals surface area contributed by atoms with E-state index in [0.29, 0.717) is 30.3 Å². The number of urea groups is 1. The fourth-order valence-corrected chi connectivity index (χ4v) is 4.63. The van der Waals surface area contributed by atoms with Crippen LogP contribution in [0.4, 0.5) is 10.5 Å². The third-order valence-corrected chi connectivity index (χ3v) is 6.54. The summed E-state index contributed by atoms with van der Waals surface area (Å²) < 4.78 is 12.0. The van der Waals surface area contributed by atoms with E-state index in [2.05, 4.69) is 10.2 Å². The SMILES string of the molecule is CC1CN(C(=S)SCC(=O)OC2CCN(C(=O)Nc3ccccc3)CC2)CC(C)O1. The minimum absolute atomic E-state index is 0.124. The third kappa shape index (κ3) is 6.85. The lowest BCUT2D eigenvalue weighted by molar-refractivity contribution is -0.147. The molecule has 2 heterocycles. The Morgan fingerprint density at radius 2 is 1.77 bits per heavy atom. The Labute approximate surface area is 187 Å². The van der Waals surface area contributed by atoms with Gasteiger partial charge in [0.15, 0.2) is 0 Å². The molecule has 2 fully saturated rings. The van der Waals surface area contributed by atoms with Gasteiger partial charge in [0.2, 0.25) is 0 Å². The van der Waals surface area contributed by atoms with Gasteiger partial charge in [-0.25, -0.2) is 4.79 Å². The van der Waals surface area contributed by atoms with Crippen molar-refractivity contribution >= 4 is 46.0 Å². The molecule has 2 atom stereocenters. The Bertz CT molecular complexity index is 731. The number of likely N-dealkylation sites (tertiary alicyclic amines) is 1. The van der Waals surface area contributed by atoms with Crippen molar-refractivity contribution in [3.05, 3.63) is 30.3 Å². The molecule has 0 aliphatic carbocycles. The number of anilines is 1. The zero-order chi connectivity index (χ0) is 21.5. The van der Waals surface area contributed by atoms with Crippen molar-refractivity contribution in [1.82, 2.24) is 9.80 Å². The van der Waals surface area contributed by atoms with E-state index >= 15 is 0 Å². The monoisotopic (exact) mass is 451 g/mol. The van der Waals surface area contributed by atoms with E-state index in [1.54, 1.807) is 4.90 Å². The maximum Gasteiger partial charge on any atom is 0.321 e. The van der Waals surface area contributed by atoms with Gasteiger partial charge in [-0.3, -0.25) is 4.79 Å². The molecule has 2 unspecified atom stereocenters. The van der Waals surface area contributed by atoms with Crippen molar-refractivity contribution in [3.63, 3.8) is 0 Å². The van der Waals surface area contributed by atoms with Crippen molar-refractivity contribution in [2.75, 3.05) is 37.2 Å². The number of thioether (sulfide) groups is 1. The average molecular weight is 452 g/mol. The summed E-state index contributed by atoms with van der Waals surface area (Å²) in [5, 5.41) is 2.89. The van der Waals surface area contributed by atoms with Crippen molar-refractivity contribution in [3.8, 4) is 0 Å². The summed E-state index contributed by atoms with van der Waals surface area (Å²) >= 11 is 6.82. The van der Waals surface area contributed by atoms with Crippen LogP contribution in [0.1, 0.15) is 26.7 Å². The Hall–Kier alpha value is -1.84. The van der Waals surface area contributed by atoms with Crippen LogP contribution in [-0.2, 0) is 14.3 Å². The highest BCUT2D eigenvalue weighted by Gasteiger charge is 2.27. The number of carbonyl (C=O) groups excluding carboxylic acids is 2. The Kier molecular flexibility index (Phi) is 8.35.